The van der Waals surface area contributed by atoms with Crippen molar-refractivity contribution >= 4 is 21.6 Å². The van der Waals surface area contributed by atoms with E-state index in [1.807, 2.05) is 24.3 Å². The number of hydrogen-bond donors (Lipinski definition) is 2. The lowest BCUT2D eigenvalue weighted by molar-refractivity contribution is 0.385. The number of nitrogens with two attached hydrogens (primary N) is 2. The Hall–Kier alpha value is -1.31. The fourth-order valence-electron chi connectivity index (χ4n) is 1.89. The monoisotopic (exact) mass is 256 g/mol. The van der Waals surface area contributed by atoms with Gasteiger partial charge in [0.2, 0.25) is 0 Å². The molecular weight excluding hydrogens is 240 g/mol. The number of piperazine rings is 1. The summed E-state index contributed by atoms with van der Waals surface area (Å²) in [5.41, 5.74) is 7.38. The quantitative estimate of drug-likeness (QED) is 0.704. The molecule has 1 aromatic rings. The van der Waals surface area contributed by atoms with Crippen LogP contribution in [0.15, 0.2) is 24.3 Å². The van der Waals surface area contributed by atoms with Crippen molar-refractivity contribution in [2.45, 2.75) is 0 Å². The highest BCUT2D eigenvalue weighted by Gasteiger charge is 2.23. The number of nitrogens with zero attached hydrogens (tertiary/aromatic N) is 2. The van der Waals surface area contributed by atoms with Gasteiger partial charge in [0.15, 0.2) is 0 Å². The molecule has 17 heavy (non-hydrogen) atoms. The second-order valence-electron chi connectivity index (χ2n) is 4.02. The number of hydrogen-bond acceptors (Lipinski definition) is 4. The molecule has 4 N–H and O–H groups in total. The van der Waals surface area contributed by atoms with Crippen molar-refractivity contribution in [2.24, 2.45) is 5.14 Å². The number of nitrogen functional groups attached to an aromatic ring is 1. The van der Waals surface area contributed by atoms with Crippen LogP contribution in [-0.2, 0) is 10.2 Å². The van der Waals surface area contributed by atoms with Crippen molar-refractivity contribution in [3.63, 3.8) is 0 Å². The third kappa shape index (κ3) is 2.87. The van der Waals surface area contributed by atoms with E-state index in [1.165, 1.54) is 4.31 Å². The van der Waals surface area contributed by atoms with Crippen molar-refractivity contribution in [2.75, 3.05) is 36.8 Å². The van der Waals surface area contributed by atoms with Crippen molar-refractivity contribution < 1.29 is 8.42 Å². The van der Waals surface area contributed by atoms with Gasteiger partial charge >= 0.3 is 0 Å². The Morgan fingerprint density at radius 3 is 2.00 bits per heavy atom. The van der Waals surface area contributed by atoms with E-state index in [4.69, 9.17) is 10.9 Å². The van der Waals surface area contributed by atoms with Crippen molar-refractivity contribution in [1.82, 2.24) is 4.31 Å². The summed E-state index contributed by atoms with van der Waals surface area (Å²) in [7, 11) is -3.55. The molecule has 0 amide bonds. The van der Waals surface area contributed by atoms with Gasteiger partial charge in [0.05, 0.1) is 0 Å². The maximum atomic E-state index is 11.1. The molecule has 0 aliphatic carbocycles. The zero-order chi connectivity index (χ0) is 12.5. The lowest BCUT2D eigenvalue weighted by Crippen LogP contribution is -2.50. The molecule has 7 heteroatoms. The molecule has 0 saturated carbocycles. The molecule has 1 aromatic carbocycles. The van der Waals surface area contributed by atoms with Crippen LogP contribution in [0, 0.1) is 0 Å². The molecule has 1 aliphatic rings. The number of benzene rings is 1. The van der Waals surface area contributed by atoms with E-state index in [0.717, 1.165) is 11.4 Å². The highest BCUT2D eigenvalue weighted by Crippen LogP contribution is 2.18. The van der Waals surface area contributed by atoms with Gasteiger partial charge < -0.3 is 10.6 Å². The van der Waals surface area contributed by atoms with Gasteiger partial charge in [-0.15, -0.1) is 0 Å². The summed E-state index contributed by atoms with van der Waals surface area (Å²) in [4.78, 5) is 2.11. The Morgan fingerprint density at radius 1 is 1.00 bits per heavy atom. The zero-order valence-electron chi connectivity index (χ0n) is 9.41. The second-order valence-corrected chi connectivity index (χ2v) is 5.57. The normalized spacial score (nSPS) is 18.3. The van der Waals surface area contributed by atoms with Gasteiger partial charge in [0.25, 0.3) is 10.2 Å². The predicted octanol–water partition coefficient (Wildman–Crippen LogP) is -0.406. The van der Waals surface area contributed by atoms with Crippen LogP contribution in [0.1, 0.15) is 0 Å². The molecule has 0 atom stereocenters. The van der Waals surface area contributed by atoms with Crippen LogP contribution in [0.2, 0.25) is 0 Å². The minimum Gasteiger partial charge on any atom is -0.399 e. The summed E-state index contributed by atoms with van der Waals surface area (Å²) in [5.74, 6) is 0. The summed E-state index contributed by atoms with van der Waals surface area (Å²) in [5, 5.41) is 5.08. The van der Waals surface area contributed by atoms with Gasteiger partial charge in [-0.3, -0.25) is 0 Å². The van der Waals surface area contributed by atoms with E-state index in [9.17, 15) is 8.42 Å². The van der Waals surface area contributed by atoms with E-state index in [-0.39, 0.29) is 0 Å². The summed E-state index contributed by atoms with van der Waals surface area (Å²) in [6, 6.07) is 7.53. The van der Waals surface area contributed by atoms with Crippen LogP contribution in [-0.4, -0.2) is 38.9 Å². The molecule has 0 aromatic heterocycles. The van der Waals surface area contributed by atoms with Crippen LogP contribution in [0.3, 0.4) is 0 Å². The van der Waals surface area contributed by atoms with E-state index in [0.29, 0.717) is 26.2 Å². The molecule has 0 spiro atoms. The van der Waals surface area contributed by atoms with Gasteiger partial charge in [-0.25, -0.2) is 5.14 Å². The molecule has 0 unspecified atom stereocenters. The molecule has 0 radical (unpaired) electrons. The van der Waals surface area contributed by atoms with Gasteiger partial charge in [0.1, 0.15) is 0 Å². The minimum absolute atomic E-state index is 0.420. The van der Waals surface area contributed by atoms with Crippen molar-refractivity contribution in [1.29, 1.82) is 0 Å². The Morgan fingerprint density at radius 2 is 1.53 bits per heavy atom. The maximum absolute atomic E-state index is 11.1. The molecule has 2 rings (SSSR count). The molecule has 1 fully saturated rings. The highest BCUT2D eigenvalue weighted by atomic mass is 32.2. The molecule has 1 aliphatic heterocycles. The molecule has 94 valence electrons. The standard InChI is InChI=1S/C10H16N4O2S/c11-9-1-3-10(4-2-9)13-5-7-14(8-6-13)17(12,15)16/h1-4H,5-8,11H2,(H2,12,15,16). The summed E-state index contributed by atoms with van der Waals surface area (Å²) < 4.78 is 23.6. The maximum Gasteiger partial charge on any atom is 0.277 e. The van der Waals surface area contributed by atoms with Crippen LogP contribution in [0.4, 0.5) is 11.4 Å². The topological polar surface area (TPSA) is 92.7 Å². The summed E-state index contributed by atoms with van der Waals surface area (Å²) in [6.45, 7) is 2.12. The minimum atomic E-state index is -3.55. The number of anilines is 2. The van der Waals surface area contributed by atoms with Gasteiger partial charge in [-0.1, -0.05) is 0 Å². The average Bonchev–Trinajstić information content (AvgIpc) is 2.29. The highest BCUT2D eigenvalue weighted by molar-refractivity contribution is 7.86. The van der Waals surface area contributed by atoms with Gasteiger partial charge in [-0.2, -0.15) is 12.7 Å². The van der Waals surface area contributed by atoms with E-state index in [2.05, 4.69) is 4.90 Å². The van der Waals surface area contributed by atoms with Gasteiger partial charge in [0, 0.05) is 37.6 Å². The van der Waals surface area contributed by atoms with E-state index in [1.54, 1.807) is 0 Å². The molecule has 0 bridgehead atoms. The Labute approximate surface area is 101 Å². The second kappa shape index (κ2) is 4.52. The summed E-state index contributed by atoms with van der Waals surface area (Å²) >= 11 is 0. The molecule has 1 saturated heterocycles. The Balaban J connectivity index is 2.02. The average molecular weight is 256 g/mol. The number of rotatable bonds is 2. The third-order valence-electron chi connectivity index (χ3n) is 2.86. The molecule has 1 heterocycles. The van der Waals surface area contributed by atoms with Crippen molar-refractivity contribution in [3.8, 4) is 0 Å². The Kier molecular flexibility index (Phi) is 3.23. The zero-order valence-corrected chi connectivity index (χ0v) is 10.2. The van der Waals surface area contributed by atoms with E-state index >= 15 is 0 Å². The SMILES string of the molecule is Nc1ccc(N2CCN(S(N)(=O)=O)CC2)cc1. The fraction of sp³-hybridized carbons (Fsp3) is 0.400. The third-order valence-corrected chi connectivity index (χ3v) is 3.94. The van der Waals surface area contributed by atoms with Crippen LogP contribution in [0.5, 0.6) is 0 Å². The van der Waals surface area contributed by atoms with Gasteiger partial charge in [-0.05, 0) is 24.3 Å². The van der Waals surface area contributed by atoms with Crippen LogP contribution in [0.25, 0.3) is 0 Å². The first kappa shape index (κ1) is 12.2. The largest absolute Gasteiger partial charge is 0.399 e. The van der Waals surface area contributed by atoms with Crippen LogP contribution >= 0.6 is 0 Å². The first-order valence-corrected chi connectivity index (χ1v) is 6.85. The first-order valence-electron chi connectivity index (χ1n) is 5.35. The van der Waals surface area contributed by atoms with Crippen LogP contribution < -0.4 is 15.8 Å². The Bertz CT molecular complexity index is 478. The lowest BCUT2D eigenvalue weighted by Gasteiger charge is -2.34. The van der Waals surface area contributed by atoms with Crippen molar-refractivity contribution in [3.05, 3.63) is 24.3 Å². The smallest absolute Gasteiger partial charge is 0.277 e. The molecular formula is C10H16N4O2S. The van der Waals surface area contributed by atoms with E-state index < -0.39 is 10.2 Å². The fourth-order valence-corrected chi connectivity index (χ4v) is 2.56. The summed E-state index contributed by atoms with van der Waals surface area (Å²) in [6.07, 6.45) is 0. The molecule has 6 nitrogen and oxygen atoms in total. The first-order chi connectivity index (χ1) is 7.97. The predicted molar refractivity (Wildman–Crippen MR) is 67.7 cm³/mol. The lowest BCUT2D eigenvalue weighted by atomic mass is 10.2.